The van der Waals surface area contributed by atoms with E-state index in [4.69, 9.17) is 0 Å². The summed E-state index contributed by atoms with van der Waals surface area (Å²) in [6.07, 6.45) is 0. The number of esters is 1. The van der Waals surface area contributed by atoms with Gasteiger partial charge in [-0.25, -0.2) is 8.78 Å². The Hall–Kier alpha value is -1.09. The quantitative estimate of drug-likeness (QED) is 0.348. The number of halogens is 3. The maximum Gasteiger partial charge on any atom is 0.308 e. The fourth-order valence-corrected chi connectivity index (χ4v) is 2.13. The third kappa shape index (κ3) is 2.19. The zero-order valence-electron chi connectivity index (χ0n) is 8.95. The fraction of sp³-hybridized carbons (Fsp3) is 0.300. The molecular formula is C10H10F3O2P. The molecule has 0 fully saturated rings. The summed E-state index contributed by atoms with van der Waals surface area (Å²) in [5.74, 6) is -5.60. The molecule has 88 valence electrons. The second-order valence-corrected chi connectivity index (χ2v) is 4.11. The molecule has 0 N–H and O–H groups in total. The minimum Gasteiger partial charge on any atom is -0.423 e. The number of benzene rings is 1. The molecule has 16 heavy (non-hydrogen) atoms. The van der Waals surface area contributed by atoms with Gasteiger partial charge in [0.1, 0.15) is 0 Å². The first-order chi connectivity index (χ1) is 7.40. The summed E-state index contributed by atoms with van der Waals surface area (Å²) >= 11 is 0. The molecule has 1 atom stereocenters. The second kappa shape index (κ2) is 4.83. The van der Waals surface area contributed by atoms with Gasteiger partial charge in [0.15, 0.2) is 17.4 Å². The van der Waals surface area contributed by atoms with Crippen molar-refractivity contribution in [2.24, 2.45) is 0 Å². The lowest BCUT2D eigenvalue weighted by atomic mass is 10.2. The van der Waals surface area contributed by atoms with Gasteiger partial charge in [0.25, 0.3) is 0 Å². The molecule has 0 amide bonds. The van der Waals surface area contributed by atoms with Gasteiger partial charge in [-0.15, -0.1) is 0 Å². The van der Waals surface area contributed by atoms with Gasteiger partial charge in [0, 0.05) is 17.8 Å². The predicted molar refractivity (Wildman–Crippen MR) is 56.2 cm³/mol. The van der Waals surface area contributed by atoms with Crippen LogP contribution in [0.15, 0.2) is 0 Å². The van der Waals surface area contributed by atoms with Crippen molar-refractivity contribution in [1.29, 1.82) is 0 Å². The van der Waals surface area contributed by atoms with Crippen LogP contribution in [-0.2, 0) is 4.79 Å². The number of carbonyl (C=O) groups is 1. The van der Waals surface area contributed by atoms with Crippen molar-refractivity contribution in [2.75, 3.05) is 6.66 Å². The Kier molecular flexibility index (Phi) is 3.92. The lowest BCUT2D eigenvalue weighted by Gasteiger charge is -2.12. The van der Waals surface area contributed by atoms with E-state index in [9.17, 15) is 18.0 Å². The summed E-state index contributed by atoms with van der Waals surface area (Å²) in [5.41, 5.74) is 0.118. The molecule has 1 rings (SSSR count). The molecule has 0 aromatic heterocycles. The standard InChI is InChI=1S/C10H10F3O2P/c1-4-9(15-5(2)14)7(12)6(11)8(13)10(4)16-3/h16H,1-3H3. The third-order valence-electron chi connectivity index (χ3n) is 2.02. The van der Waals surface area contributed by atoms with Gasteiger partial charge >= 0.3 is 5.97 Å². The second-order valence-electron chi connectivity index (χ2n) is 3.11. The molecule has 0 saturated heterocycles. The van der Waals surface area contributed by atoms with Crippen LogP contribution in [0, 0.1) is 24.4 Å². The van der Waals surface area contributed by atoms with E-state index in [2.05, 4.69) is 4.74 Å². The van der Waals surface area contributed by atoms with E-state index in [1.807, 2.05) is 0 Å². The fourth-order valence-electron chi connectivity index (χ4n) is 1.31. The Morgan fingerprint density at radius 2 is 1.75 bits per heavy atom. The van der Waals surface area contributed by atoms with E-state index < -0.39 is 29.2 Å². The van der Waals surface area contributed by atoms with Gasteiger partial charge in [0.05, 0.1) is 0 Å². The van der Waals surface area contributed by atoms with Gasteiger partial charge in [-0.05, 0) is 13.6 Å². The smallest absolute Gasteiger partial charge is 0.308 e. The van der Waals surface area contributed by atoms with E-state index in [0.29, 0.717) is 0 Å². The highest BCUT2D eigenvalue weighted by Gasteiger charge is 2.23. The highest BCUT2D eigenvalue weighted by molar-refractivity contribution is 7.46. The summed E-state index contributed by atoms with van der Waals surface area (Å²) in [6.45, 7) is 4.07. The van der Waals surface area contributed by atoms with Crippen molar-refractivity contribution in [3.8, 4) is 5.75 Å². The highest BCUT2D eigenvalue weighted by Crippen LogP contribution is 2.28. The minimum absolute atomic E-state index is 0.0372. The molecular weight excluding hydrogens is 240 g/mol. The van der Waals surface area contributed by atoms with Gasteiger partial charge in [0.2, 0.25) is 5.82 Å². The van der Waals surface area contributed by atoms with E-state index in [1.54, 1.807) is 6.66 Å². The van der Waals surface area contributed by atoms with E-state index in [-0.39, 0.29) is 19.4 Å². The van der Waals surface area contributed by atoms with Gasteiger partial charge in [-0.1, -0.05) is 8.58 Å². The van der Waals surface area contributed by atoms with E-state index in [1.165, 1.54) is 6.92 Å². The zero-order chi connectivity index (χ0) is 12.5. The molecule has 0 spiro atoms. The van der Waals surface area contributed by atoms with Gasteiger partial charge < -0.3 is 4.74 Å². The monoisotopic (exact) mass is 250 g/mol. The van der Waals surface area contributed by atoms with E-state index >= 15 is 0 Å². The molecule has 1 aromatic rings. The lowest BCUT2D eigenvalue weighted by molar-refractivity contribution is -0.132. The number of hydrogen-bond donors (Lipinski definition) is 0. The molecule has 0 radical (unpaired) electrons. The third-order valence-corrected chi connectivity index (χ3v) is 3.11. The van der Waals surface area contributed by atoms with Crippen LogP contribution in [0.25, 0.3) is 0 Å². The van der Waals surface area contributed by atoms with Crippen molar-refractivity contribution < 1.29 is 22.7 Å². The molecule has 0 bridgehead atoms. The Morgan fingerprint density at radius 1 is 1.19 bits per heavy atom. The summed E-state index contributed by atoms with van der Waals surface area (Å²) < 4.78 is 44.3. The van der Waals surface area contributed by atoms with Crippen molar-refractivity contribution in [3.05, 3.63) is 23.0 Å². The topological polar surface area (TPSA) is 26.3 Å². The van der Waals surface area contributed by atoms with Crippen LogP contribution in [0.3, 0.4) is 0 Å². The molecule has 1 aromatic carbocycles. The zero-order valence-corrected chi connectivity index (χ0v) is 9.95. The number of carbonyl (C=O) groups excluding carboxylic acids is 1. The lowest BCUT2D eigenvalue weighted by Crippen LogP contribution is -2.16. The first-order valence-corrected chi connectivity index (χ1v) is 5.93. The van der Waals surface area contributed by atoms with Crippen LogP contribution in [0.5, 0.6) is 5.75 Å². The largest absolute Gasteiger partial charge is 0.423 e. The van der Waals surface area contributed by atoms with Crippen LogP contribution < -0.4 is 10.0 Å². The number of rotatable bonds is 2. The Morgan fingerprint density at radius 3 is 2.19 bits per heavy atom. The molecule has 0 saturated carbocycles. The highest BCUT2D eigenvalue weighted by atomic mass is 31.1. The van der Waals surface area contributed by atoms with Crippen LogP contribution in [0.4, 0.5) is 13.2 Å². The summed E-state index contributed by atoms with van der Waals surface area (Å²) in [4.78, 5) is 10.7. The molecule has 0 aliphatic heterocycles. The molecule has 6 heteroatoms. The first kappa shape index (κ1) is 13.0. The van der Waals surface area contributed by atoms with Crippen LogP contribution in [-0.4, -0.2) is 12.6 Å². The Labute approximate surface area is 92.6 Å². The normalized spacial score (nSPS) is 11.1. The predicted octanol–water partition coefficient (Wildman–Crippen LogP) is 2.27. The summed E-state index contributed by atoms with van der Waals surface area (Å²) in [7, 11) is -0.0595. The first-order valence-electron chi connectivity index (χ1n) is 4.43. The minimum atomic E-state index is -1.61. The van der Waals surface area contributed by atoms with Crippen molar-refractivity contribution >= 4 is 19.9 Å². The molecule has 2 nitrogen and oxygen atoms in total. The van der Waals surface area contributed by atoms with Crippen LogP contribution in [0.2, 0.25) is 0 Å². The number of ether oxygens (including phenoxy) is 1. The average Bonchev–Trinajstić information content (AvgIpc) is 2.22. The van der Waals surface area contributed by atoms with E-state index in [0.717, 1.165) is 6.92 Å². The van der Waals surface area contributed by atoms with Gasteiger partial charge in [-0.3, -0.25) is 4.79 Å². The van der Waals surface area contributed by atoms with Crippen LogP contribution >= 0.6 is 8.58 Å². The molecule has 0 aliphatic rings. The van der Waals surface area contributed by atoms with Crippen molar-refractivity contribution in [2.45, 2.75) is 13.8 Å². The summed E-state index contributed by atoms with van der Waals surface area (Å²) in [6, 6.07) is 0. The maximum atomic E-state index is 13.3. The average molecular weight is 250 g/mol. The van der Waals surface area contributed by atoms with Crippen molar-refractivity contribution in [1.82, 2.24) is 0 Å². The Balaban J connectivity index is 3.48. The van der Waals surface area contributed by atoms with Crippen LogP contribution in [0.1, 0.15) is 12.5 Å². The number of hydrogen-bond acceptors (Lipinski definition) is 2. The molecule has 1 unspecified atom stereocenters. The molecule has 0 heterocycles. The van der Waals surface area contributed by atoms with Gasteiger partial charge in [-0.2, -0.15) is 4.39 Å². The maximum absolute atomic E-state index is 13.3. The summed E-state index contributed by atoms with van der Waals surface area (Å²) in [5, 5.41) is 0.0372. The van der Waals surface area contributed by atoms with Crippen molar-refractivity contribution in [3.63, 3.8) is 0 Å². The SMILES string of the molecule is CPc1c(C)c(OC(C)=O)c(F)c(F)c1F. The molecule has 0 aliphatic carbocycles. The Bertz CT molecular complexity index is 446.